The number of rotatable bonds is 6. The molecule has 1 saturated carbocycles. The largest absolute Gasteiger partial charge is 0.414 e. The third kappa shape index (κ3) is 5.34. The van der Waals surface area contributed by atoms with Gasteiger partial charge in [-0.05, 0) is 60.4 Å². The zero-order valence-corrected chi connectivity index (χ0v) is 21.9. The van der Waals surface area contributed by atoms with E-state index in [9.17, 15) is 14.0 Å². The van der Waals surface area contributed by atoms with Gasteiger partial charge in [-0.25, -0.2) is 9.18 Å². The highest BCUT2D eigenvalue weighted by Crippen LogP contribution is 2.49. The smallest absolute Gasteiger partial charge is 0.389 e. The Kier molecular flexibility index (Phi) is 6.29. The standard InChI is InChI=1S/C30H30FN5O3/c1-30(2)13-23-25(24(37)14-30)22(11-10-21-9-8-19(16-32-21)18-4-3-5-20(31)12-18)26-27(34-23)35-36-28(26)39-29(38)33-15-17-6-7-17/h3-5,8-12,16-17,22H,6-7,13-15H2,1-2H3,(H,33,38)(H2,34,35,36)/b11-10+. The molecule has 1 atom stereocenters. The molecule has 2 aromatic heterocycles. The maximum Gasteiger partial charge on any atom is 0.414 e. The second-order valence-electron chi connectivity index (χ2n) is 11.3. The van der Waals surface area contributed by atoms with E-state index in [1.165, 1.54) is 12.1 Å². The number of pyridine rings is 1. The molecule has 1 aromatic carbocycles. The van der Waals surface area contributed by atoms with E-state index in [1.807, 2.05) is 30.4 Å². The van der Waals surface area contributed by atoms with E-state index in [0.29, 0.717) is 48.0 Å². The Hall–Kier alpha value is -4.27. The van der Waals surface area contributed by atoms with Gasteiger partial charge in [-0.3, -0.25) is 14.9 Å². The molecule has 3 N–H and O–H groups in total. The van der Waals surface area contributed by atoms with Gasteiger partial charge in [0.1, 0.15) is 11.6 Å². The summed E-state index contributed by atoms with van der Waals surface area (Å²) in [5, 5.41) is 13.4. The van der Waals surface area contributed by atoms with Crippen LogP contribution < -0.4 is 15.4 Å². The van der Waals surface area contributed by atoms with Crippen molar-refractivity contribution in [3.8, 4) is 17.0 Å². The van der Waals surface area contributed by atoms with Crippen molar-refractivity contribution in [1.29, 1.82) is 0 Å². The summed E-state index contributed by atoms with van der Waals surface area (Å²) in [4.78, 5) is 30.4. The number of carbonyl (C=O) groups is 2. The average molecular weight is 528 g/mol. The first kappa shape index (κ1) is 25.0. The molecule has 6 rings (SSSR count). The number of ketones is 1. The van der Waals surface area contributed by atoms with Gasteiger partial charge in [-0.1, -0.05) is 38.1 Å². The number of halogens is 1. The highest BCUT2D eigenvalue weighted by Gasteiger charge is 2.41. The first-order chi connectivity index (χ1) is 18.8. The monoisotopic (exact) mass is 527 g/mol. The fraction of sp³-hybridized carbons (Fsp3) is 0.333. The molecule has 1 fully saturated rings. The molecule has 9 heteroatoms. The van der Waals surface area contributed by atoms with E-state index in [1.54, 1.807) is 12.3 Å². The number of allylic oxidation sites excluding steroid dienone is 3. The predicted octanol–water partition coefficient (Wildman–Crippen LogP) is 5.97. The lowest BCUT2D eigenvalue weighted by Crippen LogP contribution is -2.33. The van der Waals surface area contributed by atoms with Crippen LogP contribution in [0.1, 0.15) is 56.7 Å². The Morgan fingerprint density at radius 3 is 2.79 bits per heavy atom. The molecular weight excluding hydrogens is 497 g/mol. The summed E-state index contributed by atoms with van der Waals surface area (Å²) in [6.07, 6.45) is 8.22. The van der Waals surface area contributed by atoms with E-state index in [0.717, 1.165) is 29.7 Å². The zero-order chi connectivity index (χ0) is 27.1. The number of aromatic amines is 1. The quantitative estimate of drug-likeness (QED) is 0.364. The number of benzene rings is 1. The molecule has 2 aliphatic carbocycles. The molecule has 1 amide bonds. The van der Waals surface area contributed by atoms with Crippen LogP contribution in [0.15, 0.2) is 59.9 Å². The van der Waals surface area contributed by atoms with Gasteiger partial charge < -0.3 is 15.4 Å². The highest BCUT2D eigenvalue weighted by molar-refractivity contribution is 6.01. The van der Waals surface area contributed by atoms with Crippen LogP contribution in [0, 0.1) is 17.2 Å². The maximum atomic E-state index is 13.7. The summed E-state index contributed by atoms with van der Waals surface area (Å²) in [6, 6.07) is 10.1. The molecule has 1 aliphatic heterocycles. The van der Waals surface area contributed by atoms with E-state index < -0.39 is 12.0 Å². The van der Waals surface area contributed by atoms with E-state index in [-0.39, 0.29) is 22.9 Å². The van der Waals surface area contributed by atoms with Crippen molar-refractivity contribution in [1.82, 2.24) is 20.5 Å². The van der Waals surface area contributed by atoms with Gasteiger partial charge >= 0.3 is 6.09 Å². The molecule has 1 unspecified atom stereocenters. The van der Waals surface area contributed by atoms with Gasteiger partial charge in [0, 0.05) is 41.9 Å². The number of carbonyl (C=O) groups excluding carboxylic acids is 2. The summed E-state index contributed by atoms with van der Waals surface area (Å²) >= 11 is 0. The minimum atomic E-state index is -0.565. The molecular formula is C30H30FN5O3. The molecule has 3 heterocycles. The van der Waals surface area contributed by atoms with Crippen LogP contribution in [-0.2, 0) is 4.79 Å². The average Bonchev–Trinajstić information content (AvgIpc) is 3.65. The first-order valence-electron chi connectivity index (χ1n) is 13.2. The number of Topliss-reactive ketones (excluding diaryl/α,β-unsaturated/α-hetero) is 1. The minimum Gasteiger partial charge on any atom is -0.389 e. The van der Waals surface area contributed by atoms with Crippen molar-refractivity contribution >= 4 is 23.8 Å². The van der Waals surface area contributed by atoms with Gasteiger partial charge in [0.15, 0.2) is 5.78 Å². The highest BCUT2D eigenvalue weighted by atomic mass is 19.1. The number of nitrogens with zero attached hydrogens (tertiary/aromatic N) is 2. The second kappa shape index (κ2) is 9.80. The number of aromatic nitrogens is 3. The van der Waals surface area contributed by atoms with Crippen molar-refractivity contribution in [3.05, 3.63) is 77.0 Å². The summed E-state index contributed by atoms with van der Waals surface area (Å²) < 4.78 is 19.2. The number of H-pyrrole nitrogens is 1. The Labute approximate surface area is 225 Å². The molecule has 8 nitrogen and oxygen atoms in total. The zero-order valence-electron chi connectivity index (χ0n) is 21.9. The Morgan fingerprint density at radius 2 is 2.05 bits per heavy atom. The Bertz CT molecular complexity index is 1500. The van der Waals surface area contributed by atoms with Crippen LogP contribution in [0.25, 0.3) is 17.2 Å². The van der Waals surface area contributed by atoms with Crippen molar-refractivity contribution in [2.24, 2.45) is 11.3 Å². The molecule has 0 bridgehead atoms. The van der Waals surface area contributed by atoms with Gasteiger partial charge in [-0.15, -0.1) is 5.10 Å². The summed E-state index contributed by atoms with van der Waals surface area (Å²) in [7, 11) is 0. The molecule has 3 aromatic rings. The van der Waals surface area contributed by atoms with Crippen LogP contribution in [-0.4, -0.2) is 33.6 Å². The number of anilines is 1. The Balaban J connectivity index is 1.31. The van der Waals surface area contributed by atoms with E-state index in [2.05, 4.69) is 39.7 Å². The van der Waals surface area contributed by atoms with Gasteiger partial charge in [0.25, 0.3) is 0 Å². The van der Waals surface area contributed by atoms with E-state index >= 15 is 0 Å². The molecule has 39 heavy (non-hydrogen) atoms. The number of amides is 1. The summed E-state index contributed by atoms with van der Waals surface area (Å²) in [5.74, 6) is 0.524. The van der Waals surface area contributed by atoms with Crippen LogP contribution in [0.3, 0.4) is 0 Å². The minimum absolute atomic E-state index is 0.0498. The predicted molar refractivity (Wildman–Crippen MR) is 145 cm³/mol. The van der Waals surface area contributed by atoms with Crippen LogP contribution in [0.5, 0.6) is 5.88 Å². The van der Waals surface area contributed by atoms with Crippen LogP contribution in [0.2, 0.25) is 0 Å². The van der Waals surface area contributed by atoms with Crippen molar-refractivity contribution in [2.45, 2.75) is 45.4 Å². The number of nitrogens with one attached hydrogen (secondary N) is 3. The number of hydrogen-bond donors (Lipinski definition) is 3. The molecule has 0 radical (unpaired) electrons. The normalized spacial score (nSPS) is 19.9. The summed E-state index contributed by atoms with van der Waals surface area (Å²) in [5.41, 5.74) is 4.15. The third-order valence-corrected chi connectivity index (χ3v) is 7.41. The lowest BCUT2D eigenvalue weighted by molar-refractivity contribution is -0.118. The van der Waals surface area contributed by atoms with Crippen molar-refractivity contribution < 1.29 is 18.7 Å². The maximum absolute atomic E-state index is 13.7. The molecule has 200 valence electrons. The van der Waals surface area contributed by atoms with E-state index in [4.69, 9.17) is 4.74 Å². The van der Waals surface area contributed by atoms with Gasteiger partial charge in [0.2, 0.25) is 5.88 Å². The molecule has 0 saturated heterocycles. The number of ether oxygens (including phenoxy) is 1. The summed E-state index contributed by atoms with van der Waals surface area (Å²) in [6.45, 7) is 4.73. The Morgan fingerprint density at radius 1 is 1.21 bits per heavy atom. The van der Waals surface area contributed by atoms with Crippen LogP contribution >= 0.6 is 0 Å². The SMILES string of the molecule is CC1(C)CC(=O)C2=C(C1)Nc1[nH]nc(OC(=O)NCC3CC3)c1C2/C=C/c1ccc(-c2cccc(F)c2)cn1. The number of hydrogen-bond acceptors (Lipinski definition) is 6. The molecule has 0 spiro atoms. The van der Waals surface area contributed by atoms with Gasteiger partial charge in [0.05, 0.1) is 11.3 Å². The second-order valence-corrected chi connectivity index (χ2v) is 11.3. The first-order valence-corrected chi connectivity index (χ1v) is 13.2. The topological polar surface area (TPSA) is 109 Å². The van der Waals surface area contributed by atoms with Crippen LogP contribution in [0.4, 0.5) is 15.0 Å². The molecule has 3 aliphatic rings. The van der Waals surface area contributed by atoms with Gasteiger partial charge in [-0.2, -0.15) is 0 Å². The number of fused-ring (bicyclic) bond motifs is 1. The van der Waals surface area contributed by atoms with Crippen molar-refractivity contribution in [2.75, 3.05) is 11.9 Å². The lowest BCUT2D eigenvalue weighted by atomic mass is 9.70. The fourth-order valence-corrected chi connectivity index (χ4v) is 5.30. The van der Waals surface area contributed by atoms with Crippen molar-refractivity contribution in [3.63, 3.8) is 0 Å². The fourth-order valence-electron chi connectivity index (χ4n) is 5.30. The third-order valence-electron chi connectivity index (χ3n) is 7.41. The lowest BCUT2D eigenvalue weighted by Gasteiger charge is -2.37.